The van der Waals surface area contributed by atoms with Crippen molar-refractivity contribution in [2.45, 2.75) is 33.6 Å². The number of halogens is 3. The monoisotopic (exact) mass is 578 g/mol. The first-order valence-electron chi connectivity index (χ1n) is 9.60. The molecule has 0 saturated carbocycles. The van der Waals surface area contributed by atoms with Gasteiger partial charge in [-0.1, -0.05) is 15.9 Å². The fourth-order valence-corrected chi connectivity index (χ4v) is 6.80. The summed E-state index contributed by atoms with van der Waals surface area (Å²) in [6, 6.07) is 8.74. The van der Waals surface area contributed by atoms with Crippen LogP contribution >= 0.6 is 47.8 Å². The number of hydrogen-bond donors (Lipinski definition) is 0. The van der Waals surface area contributed by atoms with Crippen LogP contribution in [0.4, 0.5) is 5.69 Å². The quantitative estimate of drug-likeness (QED) is 0.328. The number of nitrogens with zero attached hydrogens (tertiary/aromatic N) is 4. The maximum atomic E-state index is 9.25. The van der Waals surface area contributed by atoms with Crippen LogP contribution in [-0.2, 0) is 0 Å². The molecule has 1 saturated heterocycles. The van der Waals surface area contributed by atoms with E-state index in [0.717, 1.165) is 56.4 Å². The van der Waals surface area contributed by atoms with Gasteiger partial charge in [-0.2, -0.15) is 5.26 Å². The lowest BCUT2D eigenvalue weighted by atomic mass is 9.97. The molecule has 3 heterocycles. The third-order valence-corrected chi connectivity index (χ3v) is 7.46. The van der Waals surface area contributed by atoms with Crippen molar-refractivity contribution in [1.29, 1.82) is 5.26 Å². The van der Waals surface area contributed by atoms with E-state index in [1.165, 1.54) is 22.3 Å². The Morgan fingerprint density at radius 1 is 1.03 bits per heavy atom. The lowest BCUT2D eigenvalue weighted by molar-refractivity contribution is 0.488. The van der Waals surface area contributed by atoms with Crippen LogP contribution in [-0.4, -0.2) is 22.6 Å². The van der Waals surface area contributed by atoms with Crippen LogP contribution in [0.3, 0.4) is 0 Å². The summed E-state index contributed by atoms with van der Waals surface area (Å²) in [5.74, 6) is 0.173. The van der Waals surface area contributed by atoms with E-state index in [0.29, 0.717) is 0 Å². The number of piperidine rings is 1. The zero-order valence-electron chi connectivity index (χ0n) is 16.6. The molecule has 0 spiro atoms. The first-order valence-corrected chi connectivity index (χ1v) is 12.0. The molecule has 0 amide bonds. The first-order chi connectivity index (χ1) is 13.8. The van der Waals surface area contributed by atoms with E-state index in [2.05, 4.69) is 102 Å². The Kier molecular flexibility index (Phi) is 5.80. The van der Waals surface area contributed by atoms with Crippen LogP contribution in [0.5, 0.6) is 0 Å². The van der Waals surface area contributed by atoms with Crippen molar-refractivity contribution in [3.63, 3.8) is 0 Å². The zero-order chi connectivity index (χ0) is 20.9. The van der Waals surface area contributed by atoms with Crippen molar-refractivity contribution >= 4 is 64.5 Å². The van der Waals surface area contributed by atoms with Gasteiger partial charge < -0.3 is 4.90 Å². The number of pyridine rings is 1. The number of fused-ring (bicyclic) bond motifs is 1. The molecule has 0 atom stereocenters. The van der Waals surface area contributed by atoms with Gasteiger partial charge in [-0.05, 0) is 89.2 Å². The van der Waals surface area contributed by atoms with E-state index in [-0.39, 0.29) is 5.92 Å². The van der Waals surface area contributed by atoms with Gasteiger partial charge in [0.2, 0.25) is 0 Å². The number of benzene rings is 1. The second kappa shape index (κ2) is 8.05. The largest absolute Gasteiger partial charge is 0.371 e. The van der Waals surface area contributed by atoms with Gasteiger partial charge in [0, 0.05) is 54.9 Å². The highest BCUT2D eigenvalue weighted by Crippen LogP contribution is 2.41. The van der Waals surface area contributed by atoms with E-state index in [9.17, 15) is 5.26 Å². The molecular formula is C22H21Br3N4. The molecule has 4 nitrogen and oxygen atoms in total. The molecule has 1 aromatic carbocycles. The third kappa shape index (κ3) is 3.64. The van der Waals surface area contributed by atoms with E-state index in [4.69, 9.17) is 4.98 Å². The number of rotatable bonds is 2. The lowest BCUT2D eigenvalue weighted by Crippen LogP contribution is -2.33. The number of aromatic nitrogens is 2. The van der Waals surface area contributed by atoms with Crippen LogP contribution in [0.25, 0.3) is 16.7 Å². The number of anilines is 1. The molecule has 0 aliphatic carbocycles. The minimum atomic E-state index is 0.173. The second-order valence-corrected chi connectivity index (χ2v) is 10.3. The normalized spacial score (nSPS) is 15.1. The smallest absolute Gasteiger partial charge is 0.147 e. The van der Waals surface area contributed by atoms with Gasteiger partial charge >= 0.3 is 0 Å². The van der Waals surface area contributed by atoms with E-state index >= 15 is 0 Å². The maximum absolute atomic E-state index is 9.25. The highest BCUT2D eigenvalue weighted by Gasteiger charge is 2.25. The van der Waals surface area contributed by atoms with Gasteiger partial charge in [-0.25, -0.2) is 4.98 Å². The average molecular weight is 581 g/mol. The minimum Gasteiger partial charge on any atom is -0.371 e. The van der Waals surface area contributed by atoms with Crippen LogP contribution in [0.1, 0.15) is 29.8 Å². The molecule has 1 aliphatic heterocycles. The van der Waals surface area contributed by atoms with Crippen LogP contribution < -0.4 is 4.90 Å². The highest BCUT2D eigenvalue weighted by molar-refractivity contribution is 9.11. The number of nitriles is 1. The topological polar surface area (TPSA) is 44.9 Å². The number of aryl methyl sites for hydroxylation is 2. The predicted molar refractivity (Wildman–Crippen MR) is 129 cm³/mol. The lowest BCUT2D eigenvalue weighted by Gasteiger charge is -2.32. The van der Waals surface area contributed by atoms with Gasteiger partial charge in [0.15, 0.2) is 0 Å². The first kappa shape index (κ1) is 20.9. The molecule has 0 unspecified atom stereocenters. The molecule has 1 fully saturated rings. The Bertz CT molecular complexity index is 1130. The standard InChI is InChI=1S/C22H21Br3N4/c1-12-8-19(28-6-4-15(11-26)5-7-28)20-13(2)14(3)29(22(20)27-12)21-17(24)9-16(23)10-18(21)25/h8-10,15H,4-7H2,1-3H3. The van der Waals surface area contributed by atoms with Crippen molar-refractivity contribution in [1.82, 2.24) is 9.55 Å². The third-order valence-electron chi connectivity index (χ3n) is 5.80. The Morgan fingerprint density at radius 2 is 1.66 bits per heavy atom. The van der Waals surface area contributed by atoms with E-state index in [1.807, 2.05) is 0 Å². The molecule has 2 aromatic heterocycles. The summed E-state index contributed by atoms with van der Waals surface area (Å²) in [4.78, 5) is 7.38. The second-order valence-electron chi connectivity index (χ2n) is 7.64. The fraction of sp³-hybridized carbons (Fsp3) is 0.364. The molecule has 0 radical (unpaired) electrons. The van der Waals surface area contributed by atoms with Crippen LogP contribution in [0.2, 0.25) is 0 Å². The summed E-state index contributed by atoms with van der Waals surface area (Å²) in [5.41, 5.74) is 6.67. The molecule has 0 bridgehead atoms. The van der Waals surface area contributed by atoms with Crippen molar-refractivity contribution in [2.24, 2.45) is 5.92 Å². The summed E-state index contributed by atoms with van der Waals surface area (Å²) >= 11 is 11.0. The summed E-state index contributed by atoms with van der Waals surface area (Å²) in [7, 11) is 0. The van der Waals surface area contributed by atoms with Crippen molar-refractivity contribution < 1.29 is 0 Å². The van der Waals surface area contributed by atoms with Gasteiger partial charge in [0.05, 0.1) is 11.8 Å². The average Bonchev–Trinajstić information content (AvgIpc) is 2.92. The maximum Gasteiger partial charge on any atom is 0.147 e. The molecule has 3 aromatic rings. The molecular weight excluding hydrogens is 560 g/mol. The van der Waals surface area contributed by atoms with Gasteiger partial charge in [0.25, 0.3) is 0 Å². The molecule has 0 N–H and O–H groups in total. The Hall–Kier alpha value is -1.36. The fourth-order valence-electron chi connectivity index (χ4n) is 4.19. The number of hydrogen-bond acceptors (Lipinski definition) is 3. The van der Waals surface area contributed by atoms with E-state index < -0.39 is 0 Å². The molecule has 1 aliphatic rings. The Labute approximate surface area is 196 Å². The van der Waals surface area contributed by atoms with Gasteiger partial charge in [-0.3, -0.25) is 4.57 Å². The van der Waals surface area contributed by atoms with Crippen molar-refractivity contribution in [3.05, 3.63) is 48.6 Å². The Morgan fingerprint density at radius 3 is 2.24 bits per heavy atom. The summed E-state index contributed by atoms with van der Waals surface area (Å²) < 4.78 is 5.25. The highest BCUT2D eigenvalue weighted by atomic mass is 79.9. The molecule has 150 valence electrons. The summed E-state index contributed by atoms with van der Waals surface area (Å²) in [5, 5.41) is 10.5. The van der Waals surface area contributed by atoms with Crippen molar-refractivity contribution in [2.75, 3.05) is 18.0 Å². The molecule has 29 heavy (non-hydrogen) atoms. The minimum absolute atomic E-state index is 0.173. The Balaban J connectivity index is 1.95. The van der Waals surface area contributed by atoms with Crippen molar-refractivity contribution in [3.8, 4) is 11.8 Å². The summed E-state index contributed by atoms with van der Waals surface area (Å²) in [6.07, 6.45) is 1.84. The van der Waals surface area contributed by atoms with Crippen LogP contribution in [0.15, 0.2) is 31.6 Å². The van der Waals surface area contributed by atoms with Gasteiger partial charge in [-0.15, -0.1) is 0 Å². The zero-order valence-corrected chi connectivity index (χ0v) is 21.3. The van der Waals surface area contributed by atoms with Gasteiger partial charge in [0.1, 0.15) is 5.65 Å². The van der Waals surface area contributed by atoms with Crippen LogP contribution in [0, 0.1) is 38.0 Å². The SMILES string of the molecule is Cc1cc(N2CCC(C#N)CC2)c2c(C)c(C)n(-c3c(Br)cc(Br)cc3Br)c2n1. The summed E-state index contributed by atoms with van der Waals surface area (Å²) in [6.45, 7) is 8.20. The molecule has 7 heteroatoms. The molecule has 4 rings (SSSR count). The van der Waals surface area contributed by atoms with E-state index in [1.54, 1.807) is 0 Å². The predicted octanol–water partition coefficient (Wildman–Crippen LogP) is 6.98.